The molecule has 2 aromatic rings. The summed E-state index contributed by atoms with van der Waals surface area (Å²) in [6, 6.07) is 5.97. The Morgan fingerprint density at radius 2 is 1.96 bits per heavy atom. The number of nitriles is 1. The summed E-state index contributed by atoms with van der Waals surface area (Å²) in [6.07, 6.45) is 12.3. The molecule has 0 atom stereocenters. The molecule has 4 fully saturated rings. The number of rotatable bonds is 3. The lowest BCUT2D eigenvalue weighted by Crippen LogP contribution is -2.51. The fraction of sp³-hybridized carbons (Fsp3) is 0.571. The Balaban J connectivity index is 1.33. The zero-order chi connectivity index (χ0) is 18.4. The molecular weight excluding hydrogens is 336 g/mol. The van der Waals surface area contributed by atoms with Crippen LogP contribution in [-0.2, 0) is 7.05 Å². The first-order valence-corrected chi connectivity index (χ1v) is 10.0. The summed E-state index contributed by atoms with van der Waals surface area (Å²) in [5, 5.41) is 21.5. The molecule has 0 saturated heterocycles. The van der Waals surface area contributed by atoms with Crippen LogP contribution in [0.15, 0.2) is 29.4 Å². The van der Waals surface area contributed by atoms with Gasteiger partial charge in [0.25, 0.3) is 0 Å². The average molecular weight is 362 g/mol. The monoisotopic (exact) mass is 362 g/mol. The minimum atomic E-state index is 0.396. The Morgan fingerprint density at radius 1 is 1.26 bits per heavy atom. The summed E-state index contributed by atoms with van der Waals surface area (Å²) in [5.41, 5.74) is 2.25. The van der Waals surface area contributed by atoms with Gasteiger partial charge in [0, 0.05) is 25.2 Å². The van der Waals surface area contributed by atoms with Gasteiger partial charge in [0.2, 0.25) is 12.2 Å². The number of aliphatic imine (C=N–C) groups is 1. The Bertz CT molecular complexity index is 899. The topological polar surface area (TPSA) is 78.0 Å². The molecular formula is C21H26N6. The van der Waals surface area contributed by atoms with Gasteiger partial charge in [-0.1, -0.05) is 6.07 Å². The number of fused-ring (bicyclic) bond motifs is 1. The van der Waals surface area contributed by atoms with Gasteiger partial charge in [-0.25, -0.2) is 0 Å². The van der Waals surface area contributed by atoms with Crippen molar-refractivity contribution in [2.45, 2.75) is 38.5 Å². The molecule has 2 N–H and O–H groups in total. The zero-order valence-electron chi connectivity index (χ0n) is 15.8. The lowest BCUT2D eigenvalue weighted by Gasteiger charge is -2.57. The number of aromatic nitrogens is 2. The van der Waals surface area contributed by atoms with Gasteiger partial charge in [-0.3, -0.25) is 4.68 Å². The van der Waals surface area contributed by atoms with Crippen molar-refractivity contribution >= 4 is 22.5 Å². The Morgan fingerprint density at radius 3 is 2.63 bits per heavy atom. The fourth-order valence-electron chi connectivity index (χ4n) is 6.34. The summed E-state index contributed by atoms with van der Waals surface area (Å²) in [6.45, 7) is 0.910. The lowest BCUT2D eigenvalue weighted by atomic mass is 9.49. The molecule has 0 spiro atoms. The van der Waals surface area contributed by atoms with E-state index in [-0.39, 0.29) is 0 Å². The van der Waals surface area contributed by atoms with E-state index in [2.05, 4.69) is 20.7 Å². The summed E-state index contributed by atoms with van der Waals surface area (Å²) < 4.78 is 1.81. The van der Waals surface area contributed by atoms with Gasteiger partial charge >= 0.3 is 0 Å². The fourth-order valence-corrected chi connectivity index (χ4v) is 6.34. The molecule has 4 aliphatic carbocycles. The van der Waals surface area contributed by atoms with Crippen LogP contribution < -0.4 is 10.6 Å². The van der Waals surface area contributed by atoms with E-state index in [1.807, 2.05) is 37.6 Å². The van der Waals surface area contributed by atoms with Crippen molar-refractivity contribution in [3.05, 3.63) is 24.4 Å². The third-order valence-corrected chi connectivity index (χ3v) is 6.88. The van der Waals surface area contributed by atoms with Crippen molar-refractivity contribution in [1.82, 2.24) is 15.1 Å². The molecule has 6 rings (SSSR count). The highest BCUT2D eigenvalue weighted by Crippen LogP contribution is 2.59. The van der Waals surface area contributed by atoms with Crippen LogP contribution >= 0.6 is 0 Å². The van der Waals surface area contributed by atoms with Crippen LogP contribution in [-0.4, -0.2) is 22.3 Å². The molecule has 1 aromatic carbocycles. The van der Waals surface area contributed by atoms with Gasteiger partial charge < -0.3 is 10.6 Å². The third kappa shape index (κ3) is 3.05. The molecule has 1 aromatic heterocycles. The molecule has 140 valence electrons. The van der Waals surface area contributed by atoms with Gasteiger partial charge in [0.15, 0.2) is 0 Å². The number of benzene rings is 1. The number of guanidine groups is 1. The van der Waals surface area contributed by atoms with E-state index < -0.39 is 0 Å². The van der Waals surface area contributed by atoms with Gasteiger partial charge in [0.05, 0.1) is 11.2 Å². The SMILES string of the molecule is Cn1cc2c(NC(=NC#N)NCC34CC5CC(CC(C5)C3)C4)cccc2n1. The standard InChI is InChI=1S/C21H26N6/c1-27-11-17-18(3-2-4-19(17)26-27)25-20(24-13-22)23-12-21-8-14-5-15(9-21)7-16(6-14)10-21/h2-4,11,14-16H,5-10,12H2,1H3,(H2,23,24,25). The van der Waals surface area contributed by atoms with Gasteiger partial charge in [0.1, 0.15) is 0 Å². The van der Waals surface area contributed by atoms with Crippen molar-refractivity contribution in [3.8, 4) is 6.19 Å². The Hall–Kier alpha value is -2.55. The van der Waals surface area contributed by atoms with Crippen molar-refractivity contribution in [2.75, 3.05) is 11.9 Å². The zero-order valence-corrected chi connectivity index (χ0v) is 15.8. The third-order valence-electron chi connectivity index (χ3n) is 6.88. The predicted molar refractivity (Wildman–Crippen MR) is 106 cm³/mol. The second-order valence-corrected chi connectivity index (χ2v) is 9.00. The molecule has 1 heterocycles. The molecule has 27 heavy (non-hydrogen) atoms. The second-order valence-electron chi connectivity index (χ2n) is 9.00. The second kappa shape index (κ2) is 6.26. The summed E-state index contributed by atoms with van der Waals surface area (Å²) in [7, 11) is 1.92. The highest BCUT2D eigenvalue weighted by molar-refractivity contribution is 6.02. The van der Waals surface area contributed by atoms with Crippen LogP contribution in [0.1, 0.15) is 38.5 Å². The highest BCUT2D eigenvalue weighted by Gasteiger charge is 2.50. The van der Waals surface area contributed by atoms with Crippen LogP contribution in [0.2, 0.25) is 0 Å². The molecule has 0 radical (unpaired) electrons. The normalized spacial score (nSPS) is 31.9. The largest absolute Gasteiger partial charge is 0.355 e. The van der Waals surface area contributed by atoms with Gasteiger partial charge in [-0.2, -0.15) is 10.4 Å². The molecule has 4 aliphatic rings. The van der Waals surface area contributed by atoms with Gasteiger partial charge in [-0.05, 0) is 73.8 Å². The van der Waals surface area contributed by atoms with Crippen molar-refractivity contribution < 1.29 is 0 Å². The van der Waals surface area contributed by atoms with E-state index in [9.17, 15) is 0 Å². The quantitative estimate of drug-likeness (QED) is 0.496. The van der Waals surface area contributed by atoms with Crippen LogP contribution in [0.3, 0.4) is 0 Å². The average Bonchev–Trinajstić information content (AvgIpc) is 3.00. The smallest absolute Gasteiger partial charge is 0.211 e. The number of nitrogens with zero attached hydrogens (tertiary/aromatic N) is 4. The summed E-state index contributed by atoms with van der Waals surface area (Å²) in [4.78, 5) is 4.02. The lowest BCUT2D eigenvalue weighted by molar-refractivity contribution is -0.0491. The first-order valence-electron chi connectivity index (χ1n) is 10.0. The maximum atomic E-state index is 9.16. The van der Waals surface area contributed by atoms with E-state index in [0.717, 1.165) is 40.9 Å². The molecule has 4 bridgehead atoms. The van der Waals surface area contributed by atoms with Crippen molar-refractivity contribution in [3.63, 3.8) is 0 Å². The summed E-state index contributed by atoms with van der Waals surface area (Å²) >= 11 is 0. The number of nitrogens with one attached hydrogen (secondary N) is 2. The Kier molecular flexibility index (Phi) is 3.85. The van der Waals surface area contributed by atoms with E-state index >= 15 is 0 Å². The van der Waals surface area contributed by atoms with E-state index in [0.29, 0.717) is 11.4 Å². The van der Waals surface area contributed by atoms with Crippen molar-refractivity contribution in [2.24, 2.45) is 35.2 Å². The first kappa shape index (κ1) is 16.6. The Labute approximate surface area is 159 Å². The van der Waals surface area contributed by atoms with E-state index in [1.165, 1.54) is 38.5 Å². The predicted octanol–water partition coefficient (Wildman–Crippen LogP) is 3.63. The van der Waals surface area contributed by atoms with Crippen LogP contribution in [0.5, 0.6) is 0 Å². The minimum absolute atomic E-state index is 0.396. The van der Waals surface area contributed by atoms with E-state index in [4.69, 9.17) is 5.26 Å². The molecule has 6 heteroatoms. The molecule has 0 amide bonds. The molecule has 0 aliphatic heterocycles. The maximum absolute atomic E-state index is 9.16. The van der Waals surface area contributed by atoms with Crippen LogP contribution in [0.25, 0.3) is 10.9 Å². The number of hydrogen-bond donors (Lipinski definition) is 2. The first-order chi connectivity index (χ1) is 13.1. The molecule has 4 saturated carbocycles. The summed E-state index contributed by atoms with van der Waals surface area (Å²) in [5.74, 6) is 3.31. The number of aryl methyl sites for hydroxylation is 1. The molecule has 0 unspecified atom stereocenters. The van der Waals surface area contributed by atoms with Crippen LogP contribution in [0, 0.1) is 34.6 Å². The number of anilines is 1. The highest BCUT2D eigenvalue weighted by atomic mass is 15.2. The minimum Gasteiger partial charge on any atom is -0.355 e. The van der Waals surface area contributed by atoms with Gasteiger partial charge in [-0.15, -0.1) is 4.99 Å². The van der Waals surface area contributed by atoms with E-state index in [1.54, 1.807) is 4.68 Å². The van der Waals surface area contributed by atoms with Crippen molar-refractivity contribution in [1.29, 1.82) is 5.26 Å². The number of hydrogen-bond acceptors (Lipinski definition) is 3. The molecule has 6 nitrogen and oxygen atoms in total. The maximum Gasteiger partial charge on any atom is 0.211 e. The van der Waals surface area contributed by atoms with Crippen LogP contribution in [0.4, 0.5) is 5.69 Å².